The van der Waals surface area contributed by atoms with Gasteiger partial charge in [-0.25, -0.2) is 0 Å². The van der Waals surface area contributed by atoms with E-state index in [1.807, 2.05) is 23.1 Å². The van der Waals surface area contributed by atoms with E-state index >= 15 is 0 Å². The third kappa shape index (κ3) is 2.64. The highest BCUT2D eigenvalue weighted by molar-refractivity contribution is 6.30. The van der Waals surface area contributed by atoms with E-state index in [-0.39, 0.29) is 11.3 Å². The molecular formula is C16H21ClN2O. The largest absolute Gasteiger partial charge is 0.368 e. The molecule has 2 fully saturated rings. The fourth-order valence-electron chi connectivity index (χ4n) is 2.97. The molecule has 1 aliphatic heterocycles. The summed E-state index contributed by atoms with van der Waals surface area (Å²) < 4.78 is 0. The standard InChI is InChI=1S/C16H21ClN2O/c1-16(2)11-14(16)15(20)19-8-6-18(7-9-19)13-5-3-4-12(17)10-13/h3-5,10,14H,6-9,11H2,1-2H3. The number of benzene rings is 1. The summed E-state index contributed by atoms with van der Waals surface area (Å²) in [4.78, 5) is 16.7. The lowest BCUT2D eigenvalue weighted by molar-refractivity contribution is -0.133. The Morgan fingerprint density at radius 1 is 1.25 bits per heavy atom. The Morgan fingerprint density at radius 2 is 1.90 bits per heavy atom. The predicted molar refractivity (Wildman–Crippen MR) is 82.1 cm³/mol. The van der Waals surface area contributed by atoms with E-state index in [4.69, 9.17) is 11.6 Å². The molecule has 4 heteroatoms. The lowest BCUT2D eigenvalue weighted by Crippen LogP contribution is -2.49. The zero-order valence-electron chi connectivity index (χ0n) is 12.1. The highest BCUT2D eigenvalue weighted by Crippen LogP contribution is 2.52. The highest BCUT2D eigenvalue weighted by Gasteiger charge is 2.52. The molecule has 3 nitrogen and oxygen atoms in total. The number of halogens is 1. The number of carbonyl (C=O) groups is 1. The second-order valence-corrected chi connectivity index (χ2v) is 6.97. The molecule has 1 saturated carbocycles. The Labute approximate surface area is 125 Å². The second-order valence-electron chi connectivity index (χ2n) is 6.54. The third-order valence-electron chi connectivity index (χ3n) is 4.58. The lowest BCUT2D eigenvalue weighted by Gasteiger charge is -2.36. The van der Waals surface area contributed by atoms with Crippen molar-refractivity contribution in [1.29, 1.82) is 0 Å². The minimum absolute atomic E-state index is 0.223. The lowest BCUT2D eigenvalue weighted by atomic mass is 10.1. The van der Waals surface area contributed by atoms with Crippen LogP contribution in [0.1, 0.15) is 20.3 Å². The van der Waals surface area contributed by atoms with Crippen LogP contribution >= 0.6 is 11.6 Å². The topological polar surface area (TPSA) is 23.6 Å². The van der Waals surface area contributed by atoms with Crippen LogP contribution in [0.2, 0.25) is 5.02 Å². The summed E-state index contributed by atoms with van der Waals surface area (Å²) in [5.41, 5.74) is 1.37. The molecule has 1 saturated heterocycles. The van der Waals surface area contributed by atoms with Gasteiger partial charge in [0.1, 0.15) is 0 Å². The monoisotopic (exact) mass is 292 g/mol. The zero-order valence-corrected chi connectivity index (χ0v) is 12.9. The number of amides is 1. The minimum atomic E-state index is 0.223. The molecule has 3 rings (SSSR count). The van der Waals surface area contributed by atoms with E-state index in [0.29, 0.717) is 5.91 Å². The molecule has 1 heterocycles. The molecule has 0 N–H and O–H groups in total. The third-order valence-corrected chi connectivity index (χ3v) is 4.81. The summed E-state index contributed by atoms with van der Waals surface area (Å²) >= 11 is 6.03. The van der Waals surface area contributed by atoms with Crippen molar-refractivity contribution in [1.82, 2.24) is 4.90 Å². The number of rotatable bonds is 2. The molecule has 0 bridgehead atoms. The molecule has 1 amide bonds. The van der Waals surface area contributed by atoms with E-state index in [1.54, 1.807) is 0 Å². The molecule has 1 aromatic rings. The zero-order chi connectivity index (χ0) is 14.3. The number of piperazine rings is 1. The van der Waals surface area contributed by atoms with Crippen LogP contribution < -0.4 is 4.90 Å². The molecule has 0 spiro atoms. The van der Waals surface area contributed by atoms with Gasteiger partial charge >= 0.3 is 0 Å². The van der Waals surface area contributed by atoms with Gasteiger partial charge in [0.25, 0.3) is 0 Å². The summed E-state index contributed by atoms with van der Waals surface area (Å²) in [5.74, 6) is 0.598. The first kappa shape index (κ1) is 13.7. The van der Waals surface area contributed by atoms with Crippen LogP contribution in [0.25, 0.3) is 0 Å². The van der Waals surface area contributed by atoms with Gasteiger partial charge in [-0.2, -0.15) is 0 Å². The summed E-state index contributed by atoms with van der Waals surface area (Å²) in [7, 11) is 0. The quantitative estimate of drug-likeness (QED) is 0.836. The molecule has 1 aliphatic carbocycles. The molecular weight excluding hydrogens is 272 g/mol. The molecule has 1 aromatic carbocycles. The average molecular weight is 293 g/mol. The van der Waals surface area contributed by atoms with Crippen molar-refractivity contribution in [3.8, 4) is 0 Å². The van der Waals surface area contributed by atoms with Gasteiger partial charge in [-0.3, -0.25) is 4.79 Å². The number of carbonyl (C=O) groups excluding carboxylic acids is 1. The summed E-state index contributed by atoms with van der Waals surface area (Å²) in [6.07, 6.45) is 1.04. The Kier molecular flexibility index (Phi) is 3.41. The smallest absolute Gasteiger partial charge is 0.226 e. The van der Waals surface area contributed by atoms with Gasteiger partial charge in [-0.15, -0.1) is 0 Å². The van der Waals surface area contributed by atoms with Crippen LogP contribution in [0.4, 0.5) is 5.69 Å². The van der Waals surface area contributed by atoms with Gasteiger partial charge < -0.3 is 9.80 Å². The van der Waals surface area contributed by atoms with Crippen LogP contribution in [0, 0.1) is 11.3 Å². The molecule has 20 heavy (non-hydrogen) atoms. The van der Waals surface area contributed by atoms with Gasteiger partial charge in [0.15, 0.2) is 0 Å². The van der Waals surface area contributed by atoms with Crippen LogP contribution in [0.15, 0.2) is 24.3 Å². The van der Waals surface area contributed by atoms with Gasteiger partial charge in [0.05, 0.1) is 0 Å². The van der Waals surface area contributed by atoms with E-state index in [2.05, 4.69) is 24.8 Å². The molecule has 1 atom stereocenters. The Bertz CT molecular complexity index is 521. The summed E-state index contributed by atoms with van der Waals surface area (Å²) in [6.45, 7) is 7.77. The maximum absolute atomic E-state index is 12.4. The molecule has 0 radical (unpaired) electrons. The summed E-state index contributed by atoms with van der Waals surface area (Å²) in [5, 5.41) is 0.765. The number of nitrogens with zero attached hydrogens (tertiary/aromatic N) is 2. The first-order chi connectivity index (χ1) is 9.47. The Balaban J connectivity index is 1.59. The highest BCUT2D eigenvalue weighted by atomic mass is 35.5. The predicted octanol–water partition coefficient (Wildman–Crippen LogP) is 3.03. The first-order valence-corrected chi connectivity index (χ1v) is 7.64. The van der Waals surface area contributed by atoms with E-state index in [1.165, 1.54) is 0 Å². The SMILES string of the molecule is CC1(C)CC1C(=O)N1CCN(c2cccc(Cl)c2)CC1. The van der Waals surface area contributed by atoms with Crippen LogP contribution in [-0.4, -0.2) is 37.0 Å². The maximum Gasteiger partial charge on any atom is 0.226 e. The fraction of sp³-hybridized carbons (Fsp3) is 0.562. The Morgan fingerprint density at radius 3 is 2.45 bits per heavy atom. The summed E-state index contributed by atoms with van der Waals surface area (Å²) in [6, 6.07) is 7.93. The van der Waals surface area contributed by atoms with E-state index in [0.717, 1.165) is 43.3 Å². The molecule has 0 aromatic heterocycles. The van der Waals surface area contributed by atoms with Crippen molar-refractivity contribution in [2.24, 2.45) is 11.3 Å². The van der Waals surface area contributed by atoms with Crippen molar-refractivity contribution in [2.45, 2.75) is 20.3 Å². The van der Waals surface area contributed by atoms with Crippen LogP contribution in [0.5, 0.6) is 0 Å². The minimum Gasteiger partial charge on any atom is -0.368 e. The van der Waals surface area contributed by atoms with Gasteiger partial charge in [0, 0.05) is 42.8 Å². The van der Waals surface area contributed by atoms with Gasteiger partial charge in [-0.05, 0) is 30.0 Å². The van der Waals surface area contributed by atoms with Crippen LogP contribution in [0.3, 0.4) is 0 Å². The van der Waals surface area contributed by atoms with Crippen molar-refractivity contribution < 1.29 is 4.79 Å². The number of anilines is 1. The molecule has 1 unspecified atom stereocenters. The van der Waals surface area contributed by atoms with Gasteiger partial charge in [-0.1, -0.05) is 31.5 Å². The van der Waals surface area contributed by atoms with Crippen LogP contribution in [-0.2, 0) is 4.79 Å². The fourth-order valence-corrected chi connectivity index (χ4v) is 3.15. The van der Waals surface area contributed by atoms with Crippen molar-refractivity contribution in [2.75, 3.05) is 31.1 Å². The molecule has 108 valence electrons. The average Bonchev–Trinajstić information content (AvgIpc) is 3.07. The first-order valence-electron chi connectivity index (χ1n) is 7.27. The van der Waals surface area contributed by atoms with Gasteiger partial charge in [0.2, 0.25) is 5.91 Å². The molecule has 2 aliphatic rings. The Hall–Kier alpha value is -1.22. The second kappa shape index (κ2) is 4.96. The normalized spacial score (nSPS) is 24.6. The van der Waals surface area contributed by atoms with E-state index < -0.39 is 0 Å². The van der Waals surface area contributed by atoms with E-state index in [9.17, 15) is 4.79 Å². The number of hydrogen-bond acceptors (Lipinski definition) is 2. The van der Waals surface area contributed by atoms with Crippen molar-refractivity contribution in [3.05, 3.63) is 29.3 Å². The van der Waals surface area contributed by atoms with Crippen molar-refractivity contribution >= 4 is 23.2 Å². The number of hydrogen-bond donors (Lipinski definition) is 0. The van der Waals surface area contributed by atoms with Crippen molar-refractivity contribution in [3.63, 3.8) is 0 Å². The maximum atomic E-state index is 12.4.